The van der Waals surface area contributed by atoms with Crippen LogP contribution in [0.25, 0.3) is 10.8 Å². The van der Waals surface area contributed by atoms with Gasteiger partial charge in [-0.15, -0.1) is 0 Å². The van der Waals surface area contributed by atoms with Gasteiger partial charge in [0.25, 0.3) is 0 Å². The van der Waals surface area contributed by atoms with Gasteiger partial charge in [-0.2, -0.15) is 13.2 Å². The van der Waals surface area contributed by atoms with Crippen molar-refractivity contribution >= 4 is 34.6 Å². The Morgan fingerprint density at radius 1 is 1.17 bits per heavy atom. The van der Waals surface area contributed by atoms with E-state index in [-0.39, 0.29) is 6.61 Å². The van der Waals surface area contributed by atoms with Gasteiger partial charge in [-0.25, -0.2) is 9.59 Å². The fourth-order valence-electron chi connectivity index (χ4n) is 4.34. The van der Waals surface area contributed by atoms with Crippen LogP contribution in [0.15, 0.2) is 42.5 Å². The van der Waals surface area contributed by atoms with E-state index in [0.29, 0.717) is 15.8 Å². The quantitative estimate of drug-likeness (QED) is 0.428. The minimum absolute atomic E-state index is 0.0374. The Balaban J connectivity index is 2.09. The maximum absolute atomic E-state index is 13.7. The van der Waals surface area contributed by atoms with E-state index in [1.807, 2.05) is 0 Å². The Labute approximate surface area is 198 Å². The number of nitrogens with zero attached hydrogens (tertiary/aromatic N) is 1. The Bertz CT molecular complexity index is 1140. The molecule has 8 nitrogen and oxygen atoms in total. The Morgan fingerprint density at radius 2 is 1.83 bits per heavy atom. The average molecular weight is 495 g/mol. The standard InChI is InChI=1S/C24H24F3NO7/c1-4-34-19(29)13-23(22(32)33-3)12-18(20(30)35-23)28(21(31)24(25,26)27)14(2)16-11-7-9-15-8-5-6-10-17(15)16/h5-11,14,18H,4,12-13H2,1-3H3/t14-,18+,23-/m1/s1. The second-order valence-electron chi connectivity index (χ2n) is 8.06. The van der Waals surface area contributed by atoms with Crippen molar-refractivity contribution in [3.63, 3.8) is 0 Å². The molecule has 0 aliphatic carbocycles. The van der Waals surface area contributed by atoms with Crippen molar-refractivity contribution in [1.29, 1.82) is 0 Å². The third-order valence-electron chi connectivity index (χ3n) is 5.89. The van der Waals surface area contributed by atoms with Crippen LogP contribution in [0.5, 0.6) is 0 Å². The van der Waals surface area contributed by atoms with Gasteiger partial charge >= 0.3 is 30.0 Å². The van der Waals surface area contributed by atoms with Crippen LogP contribution in [0.3, 0.4) is 0 Å². The Kier molecular flexibility index (Phi) is 7.37. The van der Waals surface area contributed by atoms with Crippen LogP contribution in [0.1, 0.15) is 38.3 Å². The minimum Gasteiger partial charge on any atom is -0.466 e. The van der Waals surface area contributed by atoms with Crippen LogP contribution in [-0.4, -0.2) is 60.3 Å². The SMILES string of the molecule is CCOC(=O)C[C@@]1(C(=O)OC)C[C@H](N(C(=O)C(F)(F)F)[C@H](C)c2cccc3ccccc23)C(=O)O1. The van der Waals surface area contributed by atoms with E-state index in [1.165, 1.54) is 13.8 Å². The molecule has 1 aliphatic rings. The molecule has 1 aliphatic heterocycles. The number of fused-ring (bicyclic) bond motifs is 1. The van der Waals surface area contributed by atoms with Gasteiger partial charge in [-0.1, -0.05) is 42.5 Å². The largest absolute Gasteiger partial charge is 0.471 e. The smallest absolute Gasteiger partial charge is 0.466 e. The van der Waals surface area contributed by atoms with Crippen LogP contribution in [0, 0.1) is 0 Å². The highest BCUT2D eigenvalue weighted by Crippen LogP contribution is 2.40. The molecule has 1 heterocycles. The van der Waals surface area contributed by atoms with Crippen LogP contribution in [-0.2, 0) is 33.4 Å². The van der Waals surface area contributed by atoms with Crippen LogP contribution in [0.4, 0.5) is 13.2 Å². The molecule has 1 fully saturated rings. The number of hydrogen-bond acceptors (Lipinski definition) is 7. The second-order valence-corrected chi connectivity index (χ2v) is 8.06. The summed E-state index contributed by atoms with van der Waals surface area (Å²) in [5.41, 5.74) is -1.87. The molecule has 11 heteroatoms. The summed E-state index contributed by atoms with van der Waals surface area (Å²) in [6, 6.07) is 8.76. The van der Waals surface area contributed by atoms with E-state index in [4.69, 9.17) is 9.47 Å². The Morgan fingerprint density at radius 3 is 2.46 bits per heavy atom. The van der Waals surface area contributed by atoms with Gasteiger partial charge in [0.1, 0.15) is 6.04 Å². The molecule has 3 rings (SSSR count). The van der Waals surface area contributed by atoms with E-state index in [1.54, 1.807) is 42.5 Å². The molecule has 0 radical (unpaired) electrons. The number of benzene rings is 2. The number of esters is 3. The van der Waals surface area contributed by atoms with Crippen LogP contribution >= 0.6 is 0 Å². The number of alkyl halides is 3. The number of cyclic esters (lactones) is 1. The molecular formula is C24H24F3NO7. The zero-order chi connectivity index (χ0) is 26.0. The topological polar surface area (TPSA) is 99.2 Å². The summed E-state index contributed by atoms with van der Waals surface area (Å²) in [6.45, 7) is 2.83. The zero-order valence-electron chi connectivity index (χ0n) is 19.3. The molecule has 0 aromatic heterocycles. The third kappa shape index (κ3) is 5.08. The molecule has 0 N–H and O–H groups in total. The summed E-state index contributed by atoms with van der Waals surface area (Å²) >= 11 is 0. The first-order chi connectivity index (χ1) is 16.4. The van der Waals surface area contributed by atoms with Crippen LogP contribution < -0.4 is 0 Å². The average Bonchev–Trinajstić information content (AvgIpc) is 3.14. The lowest BCUT2D eigenvalue weighted by atomic mass is 9.91. The normalized spacial score (nSPS) is 20.7. The van der Waals surface area contributed by atoms with E-state index in [0.717, 1.165) is 12.5 Å². The lowest BCUT2D eigenvalue weighted by Gasteiger charge is -2.34. The lowest BCUT2D eigenvalue weighted by molar-refractivity contribution is -0.191. The van der Waals surface area contributed by atoms with Crippen LogP contribution in [0.2, 0.25) is 0 Å². The number of methoxy groups -OCH3 is 1. The minimum atomic E-state index is -5.32. The maximum atomic E-state index is 13.7. The van der Waals surface area contributed by atoms with E-state index in [2.05, 4.69) is 4.74 Å². The van der Waals surface area contributed by atoms with Crippen molar-refractivity contribution in [2.45, 2.75) is 50.6 Å². The molecular weight excluding hydrogens is 471 g/mol. The summed E-state index contributed by atoms with van der Waals surface area (Å²) < 4.78 is 55.7. The number of ether oxygens (including phenoxy) is 3. The number of hydrogen-bond donors (Lipinski definition) is 0. The number of amides is 1. The molecule has 0 unspecified atom stereocenters. The third-order valence-corrected chi connectivity index (χ3v) is 5.89. The first-order valence-corrected chi connectivity index (χ1v) is 10.8. The van der Waals surface area contributed by atoms with E-state index >= 15 is 0 Å². The summed E-state index contributed by atoms with van der Waals surface area (Å²) in [5.74, 6) is -5.60. The van der Waals surface area contributed by atoms with E-state index < -0.39 is 60.5 Å². The highest BCUT2D eigenvalue weighted by atomic mass is 19.4. The highest BCUT2D eigenvalue weighted by molar-refractivity contribution is 5.96. The fraction of sp³-hybridized carbons (Fsp3) is 0.417. The second kappa shape index (κ2) is 9.93. The van der Waals surface area contributed by atoms with Crippen molar-refractivity contribution in [2.24, 2.45) is 0 Å². The molecule has 2 aromatic rings. The van der Waals surface area contributed by atoms with Crippen molar-refractivity contribution in [2.75, 3.05) is 13.7 Å². The summed E-state index contributed by atoms with van der Waals surface area (Å²) in [5, 5.41) is 1.30. The summed E-state index contributed by atoms with van der Waals surface area (Å²) in [4.78, 5) is 50.5. The monoisotopic (exact) mass is 495 g/mol. The van der Waals surface area contributed by atoms with Gasteiger partial charge in [0.2, 0.25) is 5.60 Å². The highest BCUT2D eigenvalue weighted by Gasteiger charge is 2.60. The van der Waals surface area contributed by atoms with Crippen molar-refractivity contribution in [3.8, 4) is 0 Å². The number of rotatable bonds is 7. The zero-order valence-corrected chi connectivity index (χ0v) is 19.3. The number of carbonyl (C=O) groups excluding carboxylic acids is 4. The molecule has 35 heavy (non-hydrogen) atoms. The van der Waals surface area contributed by atoms with Crippen molar-refractivity contribution in [3.05, 3.63) is 48.0 Å². The van der Waals surface area contributed by atoms with E-state index in [9.17, 15) is 32.3 Å². The summed E-state index contributed by atoms with van der Waals surface area (Å²) in [7, 11) is 0.980. The maximum Gasteiger partial charge on any atom is 0.471 e. The first-order valence-electron chi connectivity index (χ1n) is 10.8. The summed E-state index contributed by atoms with van der Waals surface area (Å²) in [6.07, 6.45) is -6.81. The van der Waals surface area contributed by atoms with Gasteiger partial charge in [0.05, 0.1) is 26.2 Å². The molecule has 3 atom stereocenters. The molecule has 0 spiro atoms. The number of halogens is 3. The first kappa shape index (κ1) is 26.0. The van der Waals surface area contributed by atoms with Gasteiger partial charge < -0.3 is 19.1 Å². The van der Waals surface area contributed by atoms with Gasteiger partial charge in [-0.05, 0) is 30.2 Å². The predicted octanol–water partition coefficient (Wildman–Crippen LogP) is 3.47. The van der Waals surface area contributed by atoms with Crippen molar-refractivity contribution < 1.29 is 46.6 Å². The van der Waals surface area contributed by atoms with Gasteiger partial charge in [0, 0.05) is 6.42 Å². The van der Waals surface area contributed by atoms with Gasteiger partial charge in [-0.3, -0.25) is 9.59 Å². The molecule has 188 valence electrons. The predicted molar refractivity (Wildman–Crippen MR) is 116 cm³/mol. The van der Waals surface area contributed by atoms with Crippen molar-refractivity contribution in [1.82, 2.24) is 4.90 Å². The molecule has 1 amide bonds. The fourth-order valence-corrected chi connectivity index (χ4v) is 4.34. The molecule has 0 bridgehead atoms. The molecule has 1 saturated heterocycles. The molecule has 0 saturated carbocycles. The Hall–Kier alpha value is -3.63. The van der Waals surface area contributed by atoms with Gasteiger partial charge in [0.15, 0.2) is 0 Å². The molecule has 2 aromatic carbocycles. The lowest BCUT2D eigenvalue weighted by Crippen LogP contribution is -2.50. The number of carbonyl (C=O) groups is 4.